The van der Waals surface area contributed by atoms with Crippen LogP contribution >= 0.6 is 15.9 Å². The molecule has 142 valence electrons. The molecule has 0 spiro atoms. The van der Waals surface area contributed by atoms with Crippen molar-refractivity contribution in [2.45, 2.75) is 10.9 Å². The van der Waals surface area contributed by atoms with Gasteiger partial charge in [-0.05, 0) is 34.1 Å². The molecule has 0 atom stereocenters. The number of aromatic nitrogens is 2. The van der Waals surface area contributed by atoms with Crippen LogP contribution in [0.2, 0.25) is 0 Å². The average molecular weight is 447 g/mol. The highest BCUT2D eigenvalue weighted by Crippen LogP contribution is 2.24. The fourth-order valence-electron chi connectivity index (χ4n) is 2.01. The highest BCUT2D eigenvalue weighted by atomic mass is 79.9. The molecule has 0 radical (unpaired) electrons. The van der Waals surface area contributed by atoms with Gasteiger partial charge in [-0.3, -0.25) is 0 Å². The molecule has 1 aromatic carbocycles. The van der Waals surface area contributed by atoms with Crippen molar-refractivity contribution in [1.29, 1.82) is 0 Å². The largest absolute Gasteiger partial charge is 0.395 e. The van der Waals surface area contributed by atoms with Crippen molar-refractivity contribution in [3.05, 3.63) is 34.9 Å². The number of rotatable bonds is 9. The molecule has 11 heteroatoms. The van der Waals surface area contributed by atoms with Crippen LogP contribution in [0.3, 0.4) is 0 Å². The summed E-state index contributed by atoms with van der Waals surface area (Å²) >= 11 is 3.28. The minimum Gasteiger partial charge on any atom is -0.395 e. The van der Waals surface area contributed by atoms with Gasteiger partial charge in [0.15, 0.2) is 9.84 Å². The van der Waals surface area contributed by atoms with Gasteiger partial charge in [0, 0.05) is 11.9 Å². The van der Waals surface area contributed by atoms with Gasteiger partial charge < -0.3 is 26.0 Å². The molecule has 0 aliphatic rings. The lowest BCUT2D eigenvalue weighted by atomic mass is 10.3. The fraction of sp³-hybridized carbons (Fsp3) is 0.333. The molecule has 0 amide bonds. The van der Waals surface area contributed by atoms with E-state index in [2.05, 4.69) is 36.5 Å². The van der Waals surface area contributed by atoms with E-state index in [0.29, 0.717) is 16.0 Å². The summed E-state index contributed by atoms with van der Waals surface area (Å²) in [6.45, 7) is -1.01. The van der Waals surface area contributed by atoms with E-state index in [1.54, 1.807) is 12.1 Å². The molecule has 0 aliphatic carbocycles. The van der Waals surface area contributed by atoms with E-state index < -0.39 is 22.5 Å². The van der Waals surface area contributed by atoms with Crippen molar-refractivity contribution < 1.29 is 23.7 Å². The van der Waals surface area contributed by atoms with E-state index in [9.17, 15) is 8.42 Å². The number of nitrogens with one attached hydrogen (secondary N) is 2. The van der Waals surface area contributed by atoms with E-state index in [4.69, 9.17) is 15.3 Å². The quantitative estimate of drug-likeness (QED) is 0.371. The van der Waals surface area contributed by atoms with Crippen molar-refractivity contribution in [3.63, 3.8) is 0 Å². The predicted octanol–water partition coefficient (Wildman–Crippen LogP) is 0.514. The second kappa shape index (κ2) is 9.24. The maximum Gasteiger partial charge on any atom is 0.229 e. The second-order valence-electron chi connectivity index (χ2n) is 5.29. The van der Waals surface area contributed by atoms with Crippen LogP contribution in [-0.2, 0) is 9.84 Å². The zero-order valence-corrected chi connectivity index (χ0v) is 16.0. The number of halogens is 1. The first kappa shape index (κ1) is 20.5. The van der Waals surface area contributed by atoms with Crippen LogP contribution in [0.4, 0.5) is 17.5 Å². The smallest absolute Gasteiger partial charge is 0.229 e. The lowest BCUT2D eigenvalue weighted by Gasteiger charge is -2.16. The Hall–Kier alpha value is -1.79. The van der Waals surface area contributed by atoms with Crippen molar-refractivity contribution in [1.82, 2.24) is 9.97 Å². The fourth-order valence-corrected chi connectivity index (χ4v) is 3.38. The van der Waals surface area contributed by atoms with Gasteiger partial charge in [-0.25, -0.2) is 13.4 Å². The van der Waals surface area contributed by atoms with Crippen molar-refractivity contribution in [2.24, 2.45) is 0 Å². The first-order valence-corrected chi connectivity index (χ1v) is 10.1. The van der Waals surface area contributed by atoms with Crippen LogP contribution in [0, 0.1) is 0 Å². The molecule has 0 saturated heterocycles. The maximum absolute atomic E-state index is 12.0. The van der Waals surface area contributed by atoms with Gasteiger partial charge in [0.05, 0.1) is 41.0 Å². The summed E-state index contributed by atoms with van der Waals surface area (Å²) in [5, 5.41) is 33.0. The molecule has 0 bridgehead atoms. The molecular formula is C15H19BrN4O5S. The molecule has 2 aromatic rings. The zero-order valence-electron chi connectivity index (χ0n) is 13.6. The molecule has 26 heavy (non-hydrogen) atoms. The molecule has 5 N–H and O–H groups in total. The lowest BCUT2D eigenvalue weighted by Crippen LogP contribution is -2.28. The third kappa shape index (κ3) is 5.35. The summed E-state index contributed by atoms with van der Waals surface area (Å²) in [5.74, 6) is 0.199. The summed E-state index contributed by atoms with van der Waals surface area (Å²) in [5.41, 5.74) is 0.457. The maximum atomic E-state index is 12.0. The number of benzene rings is 1. The minimum absolute atomic E-state index is 0.0765. The molecule has 0 unspecified atom stereocenters. The average Bonchev–Trinajstić information content (AvgIpc) is 2.62. The Kier molecular flexibility index (Phi) is 7.29. The monoisotopic (exact) mass is 446 g/mol. The van der Waals surface area contributed by atoms with Gasteiger partial charge in [-0.1, -0.05) is 6.07 Å². The predicted molar refractivity (Wildman–Crippen MR) is 100 cm³/mol. The highest BCUT2D eigenvalue weighted by Gasteiger charge is 2.15. The van der Waals surface area contributed by atoms with Gasteiger partial charge >= 0.3 is 0 Å². The molecule has 0 saturated carbocycles. The van der Waals surface area contributed by atoms with Gasteiger partial charge in [-0.2, -0.15) is 4.98 Å². The van der Waals surface area contributed by atoms with E-state index in [1.165, 1.54) is 18.3 Å². The molecule has 1 aromatic heterocycles. The Bertz CT molecular complexity index is 846. The first-order valence-electron chi connectivity index (χ1n) is 7.61. The number of sulfone groups is 1. The topological polar surface area (TPSA) is 145 Å². The Labute approximate surface area is 159 Å². The highest BCUT2D eigenvalue weighted by molar-refractivity contribution is 9.10. The molecule has 0 fully saturated rings. The van der Waals surface area contributed by atoms with Crippen molar-refractivity contribution >= 4 is 43.2 Å². The Balaban J connectivity index is 2.24. The van der Waals surface area contributed by atoms with E-state index in [1.807, 2.05) is 0 Å². The number of anilines is 3. The van der Waals surface area contributed by atoms with Crippen LogP contribution in [0.5, 0.6) is 0 Å². The number of aliphatic hydroxyl groups is 3. The minimum atomic E-state index is -3.57. The lowest BCUT2D eigenvalue weighted by molar-refractivity contribution is 0.203. The van der Waals surface area contributed by atoms with E-state index in [0.717, 1.165) is 0 Å². The Morgan fingerprint density at radius 1 is 1.19 bits per heavy atom. The van der Waals surface area contributed by atoms with E-state index in [-0.39, 0.29) is 29.8 Å². The Morgan fingerprint density at radius 3 is 2.58 bits per heavy atom. The van der Waals surface area contributed by atoms with Crippen LogP contribution < -0.4 is 10.6 Å². The summed E-state index contributed by atoms with van der Waals surface area (Å²) < 4.78 is 24.6. The normalized spacial score (nSPS) is 11.6. The van der Waals surface area contributed by atoms with Gasteiger partial charge in [0.2, 0.25) is 5.95 Å². The van der Waals surface area contributed by atoms with Gasteiger partial charge in [-0.15, -0.1) is 0 Å². The summed E-state index contributed by atoms with van der Waals surface area (Å²) in [6.07, 6.45) is 1.48. The number of aliphatic hydroxyl groups excluding tert-OH is 3. The Morgan fingerprint density at radius 2 is 1.92 bits per heavy atom. The second-order valence-corrected chi connectivity index (χ2v) is 8.26. The summed E-state index contributed by atoms with van der Waals surface area (Å²) in [6, 6.07) is 5.51. The van der Waals surface area contributed by atoms with Crippen LogP contribution in [0.15, 0.2) is 39.8 Å². The number of hydrogen-bond acceptors (Lipinski definition) is 9. The molecule has 9 nitrogen and oxygen atoms in total. The van der Waals surface area contributed by atoms with Crippen molar-refractivity contribution in [2.75, 3.05) is 36.2 Å². The van der Waals surface area contributed by atoms with E-state index >= 15 is 0 Å². The van der Waals surface area contributed by atoms with Gasteiger partial charge in [0.25, 0.3) is 0 Å². The zero-order chi connectivity index (χ0) is 19.2. The summed E-state index contributed by atoms with van der Waals surface area (Å²) in [4.78, 5) is 8.41. The SMILES string of the molecule is O=S(=O)(CCO)c1cccc(Nc2ncc(Br)c(NC(CO)CO)n2)c1. The molecular weight excluding hydrogens is 428 g/mol. The van der Waals surface area contributed by atoms with Crippen molar-refractivity contribution in [3.8, 4) is 0 Å². The first-order chi connectivity index (χ1) is 12.4. The number of nitrogens with zero attached hydrogens (tertiary/aromatic N) is 2. The summed E-state index contributed by atoms with van der Waals surface area (Å²) in [7, 11) is -3.57. The molecule has 0 aliphatic heterocycles. The molecule has 2 rings (SSSR count). The standard InChI is InChI=1S/C15H19BrN4O5S/c16-13-7-17-15(20-14(13)18-11(8-22)9-23)19-10-2-1-3-12(6-10)26(24,25)5-4-21/h1-3,6-7,11,21-23H,4-5,8-9H2,(H2,17,18,19,20). The van der Waals surface area contributed by atoms with Crippen LogP contribution in [0.25, 0.3) is 0 Å². The number of hydrogen-bond donors (Lipinski definition) is 5. The molecule has 1 heterocycles. The van der Waals surface area contributed by atoms with Crippen LogP contribution in [-0.4, -0.2) is 65.3 Å². The third-order valence-corrected chi connectivity index (χ3v) is 5.61. The van der Waals surface area contributed by atoms with Crippen LogP contribution in [0.1, 0.15) is 0 Å². The van der Waals surface area contributed by atoms with Gasteiger partial charge in [0.1, 0.15) is 5.82 Å². The third-order valence-electron chi connectivity index (χ3n) is 3.34.